The van der Waals surface area contributed by atoms with Crippen LogP contribution in [-0.4, -0.2) is 23.3 Å². The van der Waals surface area contributed by atoms with Crippen LogP contribution in [0.15, 0.2) is 24.5 Å². The highest BCUT2D eigenvalue weighted by molar-refractivity contribution is 6.33. The van der Waals surface area contributed by atoms with Gasteiger partial charge in [-0.25, -0.2) is 9.97 Å². The second-order valence-electron chi connectivity index (χ2n) is 4.70. The number of nitrogens with zero attached hydrogens (tertiary/aromatic N) is 2. The first-order chi connectivity index (χ1) is 10.3. The van der Waals surface area contributed by atoms with Crippen molar-refractivity contribution in [3.8, 4) is 11.5 Å². The van der Waals surface area contributed by atoms with E-state index in [9.17, 15) is 0 Å². The summed E-state index contributed by atoms with van der Waals surface area (Å²) in [4.78, 5) is 8.33. The molecule has 0 fully saturated rings. The average molecular weight is 306 g/mol. The fraction of sp³-hybridized carbons (Fsp3) is 0.333. The minimum atomic E-state index is 0.299. The molecule has 6 heteroatoms. The van der Waals surface area contributed by atoms with Crippen molar-refractivity contribution in [2.75, 3.05) is 18.7 Å². The molecule has 0 amide bonds. The molecule has 2 heterocycles. The molecule has 0 saturated heterocycles. The van der Waals surface area contributed by atoms with E-state index in [1.807, 2.05) is 25.1 Å². The van der Waals surface area contributed by atoms with Gasteiger partial charge in [0.2, 0.25) is 6.79 Å². The molecular weight excluding hydrogens is 290 g/mol. The van der Waals surface area contributed by atoms with Gasteiger partial charge in [-0.05, 0) is 30.5 Å². The van der Waals surface area contributed by atoms with Crippen LogP contribution < -0.4 is 14.8 Å². The Morgan fingerprint density at radius 1 is 1.24 bits per heavy atom. The molecule has 1 N–H and O–H groups in total. The number of rotatable bonds is 5. The Hall–Kier alpha value is -2.01. The zero-order chi connectivity index (χ0) is 14.7. The van der Waals surface area contributed by atoms with Gasteiger partial charge in [-0.2, -0.15) is 0 Å². The van der Waals surface area contributed by atoms with Crippen molar-refractivity contribution in [1.82, 2.24) is 9.97 Å². The van der Waals surface area contributed by atoms with Crippen molar-refractivity contribution in [1.29, 1.82) is 0 Å². The van der Waals surface area contributed by atoms with E-state index in [1.165, 1.54) is 11.9 Å². The van der Waals surface area contributed by atoms with E-state index in [0.29, 0.717) is 17.6 Å². The molecule has 0 aliphatic carbocycles. The van der Waals surface area contributed by atoms with Crippen LogP contribution in [0.1, 0.15) is 18.2 Å². The fourth-order valence-electron chi connectivity index (χ4n) is 2.20. The average Bonchev–Trinajstić information content (AvgIpc) is 2.96. The summed E-state index contributed by atoms with van der Waals surface area (Å²) >= 11 is 6.24. The molecule has 1 aliphatic heterocycles. The zero-order valence-corrected chi connectivity index (χ0v) is 12.5. The van der Waals surface area contributed by atoms with E-state index in [4.69, 9.17) is 21.1 Å². The largest absolute Gasteiger partial charge is 0.454 e. The van der Waals surface area contributed by atoms with Crippen LogP contribution in [0.4, 0.5) is 5.82 Å². The van der Waals surface area contributed by atoms with Crippen LogP contribution in [-0.2, 0) is 12.8 Å². The Morgan fingerprint density at radius 2 is 2.10 bits per heavy atom. The third-order valence-corrected chi connectivity index (χ3v) is 3.74. The first-order valence-electron chi connectivity index (χ1n) is 6.89. The van der Waals surface area contributed by atoms with Gasteiger partial charge in [0.05, 0.1) is 5.69 Å². The van der Waals surface area contributed by atoms with Crippen molar-refractivity contribution in [2.24, 2.45) is 0 Å². The molecule has 110 valence electrons. The van der Waals surface area contributed by atoms with Crippen LogP contribution in [0.5, 0.6) is 11.5 Å². The molecule has 1 aromatic heterocycles. The maximum atomic E-state index is 6.24. The van der Waals surface area contributed by atoms with Gasteiger partial charge in [0, 0.05) is 6.54 Å². The van der Waals surface area contributed by atoms with E-state index < -0.39 is 0 Å². The normalized spacial score (nSPS) is 12.5. The van der Waals surface area contributed by atoms with Gasteiger partial charge < -0.3 is 14.8 Å². The molecule has 21 heavy (non-hydrogen) atoms. The molecule has 2 aromatic rings. The van der Waals surface area contributed by atoms with Gasteiger partial charge >= 0.3 is 0 Å². The molecule has 3 rings (SSSR count). The van der Waals surface area contributed by atoms with Crippen LogP contribution in [0.2, 0.25) is 5.02 Å². The highest BCUT2D eigenvalue weighted by atomic mass is 35.5. The van der Waals surface area contributed by atoms with Crippen LogP contribution in [0.3, 0.4) is 0 Å². The quantitative estimate of drug-likeness (QED) is 0.920. The maximum absolute atomic E-state index is 6.24. The van der Waals surface area contributed by atoms with Crippen LogP contribution in [0.25, 0.3) is 0 Å². The number of ether oxygens (including phenoxy) is 2. The molecule has 0 unspecified atom stereocenters. The van der Waals surface area contributed by atoms with Crippen LogP contribution in [0, 0.1) is 0 Å². The Balaban J connectivity index is 1.61. The number of fused-ring (bicyclic) bond motifs is 1. The van der Waals surface area contributed by atoms with E-state index in [-0.39, 0.29) is 0 Å². The lowest BCUT2D eigenvalue weighted by Gasteiger charge is -2.09. The highest BCUT2D eigenvalue weighted by Crippen LogP contribution is 2.32. The molecular formula is C15H16ClN3O2. The molecule has 1 aliphatic rings. The minimum absolute atomic E-state index is 0.299. The molecule has 0 radical (unpaired) electrons. The molecule has 5 nitrogen and oxygen atoms in total. The zero-order valence-electron chi connectivity index (χ0n) is 11.7. The summed E-state index contributed by atoms with van der Waals surface area (Å²) in [7, 11) is 0. The summed E-state index contributed by atoms with van der Waals surface area (Å²) in [5.74, 6) is 2.29. The van der Waals surface area contributed by atoms with E-state index in [0.717, 1.165) is 36.6 Å². The fourth-order valence-corrected chi connectivity index (χ4v) is 2.50. The van der Waals surface area contributed by atoms with Gasteiger partial charge in [-0.3, -0.25) is 0 Å². The van der Waals surface area contributed by atoms with Crippen molar-refractivity contribution in [3.05, 3.63) is 40.8 Å². The summed E-state index contributed by atoms with van der Waals surface area (Å²) in [6.07, 6.45) is 3.17. The van der Waals surface area contributed by atoms with Crippen molar-refractivity contribution >= 4 is 17.4 Å². The summed E-state index contributed by atoms with van der Waals surface area (Å²) in [5, 5.41) is 3.85. The second-order valence-corrected chi connectivity index (χ2v) is 5.08. The van der Waals surface area contributed by atoms with E-state index in [1.54, 1.807) is 0 Å². The lowest BCUT2D eigenvalue weighted by atomic mass is 10.1. The predicted molar refractivity (Wildman–Crippen MR) is 81.2 cm³/mol. The number of halogens is 1. The number of aromatic nitrogens is 2. The van der Waals surface area contributed by atoms with Crippen molar-refractivity contribution in [3.63, 3.8) is 0 Å². The maximum Gasteiger partial charge on any atom is 0.231 e. The number of hydrogen-bond acceptors (Lipinski definition) is 5. The third-order valence-electron chi connectivity index (χ3n) is 3.34. The lowest BCUT2D eigenvalue weighted by Crippen LogP contribution is -2.08. The number of nitrogens with one attached hydrogen (secondary N) is 1. The van der Waals surface area contributed by atoms with Gasteiger partial charge in [-0.1, -0.05) is 24.6 Å². The molecule has 0 atom stereocenters. The second kappa shape index (κ2) is 6.18. The number of benzene rings is 1. The highest BCUT2D eigenvalue weighted by Gasteiger charge is 2.13. The lowest BCUT2D eigenvalue weighted by molar-refractivity contribution is 0.174. The predicted octanol–water partition coefficient (Wildman–Crippen LogP) is 3.08. The summed E-state index contributed by atoms with van der Waals surface area (Å²) in [6, 6.07) is 5.97. The Labute approximate surface area is 128 Å². The number of hydrogen-bond donors (Lipinski definition) is 1. The summed E-state index contributed by atoms with van der Waals surface area (Å²) in [5.41, 5.74) is 2.03. The Kier molecular flexibility index (Phi) is 4.10. The summed E-state index contributed by atoms with van der Waals surface area (Å²) in [6.45, 7) is 3.05. The smallest absolute Gasteiger partial charge is 0.231 e. The molecule has 0 saturated carbocycles. The van der Waals surface area contributed by atoms with Gasteiger partial charge in [-0.15, -0.1) is 0 Å². The van der Waals surface area contributed by atoms with Gasteiger partial charge in [0.15, 0.2) is 11.5 Å². The number of anilines is 1. The van der Waals surface area contributed by atoms with Crippen molar-refractivity contribution < 1.29 is 9.47 Å². The monoisotopic (exact) mass is 305 g/mol. The van der Waals surface area contributed by atoms with Crippen molar-refractivity contribution in [2.45, 2.75) is 19.8 Å². The molecule has 0 bridgehead atoms. The molecule has 1 aromatic carbocycles. The standard InChI is InChI=1S/C15H16ClN3O2/c1-2-11-14(16)15(19-8-18-11)17-6-5-10-3-4-12-13(7-10)21-9-20-12/h3-4,7-8H,2,5-6,9H2,1H3,(H,17,18,19). The first-order valence-corrected chi connectivity index (χ1v) is 7.27. The summed E-state index contributed by atoms with van der Waals surface area (Å²) < 4.78 is 10.7. The Bertz CT molecular complexity index is 649. The SMILES string of the molecule is CCc1ncnc(NCCc2ccc3c(c2)OCO3)c1Cl. The van der Waals surface area contributed by atoms with Gasteiger partial charge in [0.25, 0.3) is 0 Å². The topological polar surface area (TPSA) is 56.3 Å². The Morgan fingerprint density at radius 3 is 2.95 bits per heavy atom. The van der Waals surface area contributed by atoms with E-state index in [2.05, 4.69) is 15.3 Å². The third kappa shape index (κ3) is 3.03. The van der Waals surface area contributed by atoms with Gasteiger partial charge in [0.1, 0.15) is 17.2 Å². The minimum Gasteiger partial charge on any atom is -0.454 e. The van der Waals surface area contributed by atoms with E-state index >= 15 is 0 Å². The number of aryl methyl sites for hydroxylation is 1. The first kappa shape index (κ1) is 13.9. The van der Waals surface area contributed by atoms with Crippen LogP contribution >= 0.6 is 11.6 Å². The molecule has 0 spiro atoms.